The highest BCUT2D eigenvalue weighted by Gasteiger charge is 2.65. The lowest BCUT2D eigenvalue weighted by Crippen LogP contribution is -2.58. The minimum absolute atomic E-state index is 0.0873. The van der Waals surface area contributed by atoms with Crippen LogP contribution in [0.2, 0.25) is 0 Å². The Bertz CT molecular complexity index is 1940. The van der Waals surface area contributed by atoms with Crippen LogP contribution in [0.25, 0.3) is 44.3 Å². The summed E-state index contributed by atoms with van der Waals surface area (Å²) in [5.41, 5.74) is 7.66. The Morgan fingerprint density at radius 3 is 2.56 bits per heavy atom. The highest BCUT2D eigenvalue weighted by Crippen LogP contribution is 2.66. The van der Waals surface area contributed by atoms with Crippen LogP contribution >= 0.6 is 0 Å². The minimum Gasteiger partial charge on any atom is -0.357 e. The first-order valence-electron chi connectivity index (χ1n) is 15.4. The largest absolute Gasteiger partial charge is 0.357 e. The maximum absolute atomic E-state index is 14.2. The van der Waals surface area contributed by atoms with E-state index in [1.807, 2.05) is 48.0 Å². The van der Waals surface area contributed by atoms with E-state index in [0.29, 0.717) is 6.42 Å². The summed E-state index contributed by atoms with van der Waals surface area (Å²) in [6.45, 7) is 3.63. The Hall–Kier alpha value is -4.40. The molecule has 2 fully saturated rings. The van der Waals surface area contributed by atoms with Crippen molar-refractivity contribution in [2.75, 3.05) is 25.0 Å². The highest BCUT2D eigenvalue weighted by atomic mass is 16.2. The Kier molecular flexibility index (Phi) is 5.52. The van der Waals surface area contributed by atoms with Crippen LogP contribution in [0.5, 0.6) is 0 Å². The summed E-state index contributed by atoms with van der Waals surface area (Å²) >= 11 is 0. The predicted molar refractivity (Wildman–Crippen MR) is 168 cm³/mol. The number of pyridine rings is 1. The third kappa shape index (κ3) is 3.63. The number of H-pyrrole nitrogens is 1. The Labute approximate surface area is 250 Å². The van der Waals surface area contributed by atoms with Gasteiger partial charge in [0.05, 0.1) is 34.7 Å². The molecule has 2 spiro atoms. The van der Waals surface area contributed by atoms with E-state index >= 15 is 0 Å². The van der Waals surface area contributed by atoms with E-state index in [4.69, 9.17) is 4.98 Å². The van der Waals surface area contributed by atoms with E-state index in [1.54, 1.807) is 0 Å². The van der Waals surface area contributed by atoms with Gasteiger partial charge in [-0.15, -0.1) is 0 Å². The van der Waals surface area contributed by atoms with E-state index in [1.165, 1.54) is 0 Å². The van der Waals surface area contributed by atoms with Crippen molar-refractivity contribution in [3.8, 4) is 22.4 Å². The molecule has 2 aliphatic heterocycles. The molecule has 220 valence electrons. The number of hydrogen-bond donors (Lipinski definition) is 1. The quantitative estimate of drug-likeness (QED) is 0.305. The SMILES string of the molecule is CCCC(=O)N1CCC2(CC1)CC1(C2)C(=O)N(C)c2cnc3[nH]c(-c4ccn(C)c4)c(-c4ccc5c(cnn5C)c4)c3c21. The summed E-state index contributed by atoms with van der Waals surface area (Å²) < 4.78 is 3.95. The number of likely N-dealkylation sites (N-methyl/N-ethyl adjacent to an activating group) is 1. The lowest BCUT2D eigenvalue weighted by Gasteiger charge is -2.57. The van der Waals surface area contributed by atoms with Crippen molar-refractivity contribution in [3.05, 3.63) is 54.6 Å². The number of aromatic nitrogens is 5. The summed E-state index contributed by atoms with van der Waals surface area (Å²) in [7, 11) is 5.88. The number of fused-ring (bicyclic) bond motifs is 5. The monoisotopic (exact) mass is 575 g/mol. The highest BCUT2D eigenvalue weighted by molar-refractivity contribution is 6.17. The zero-order valence-corrected chi connectivity index (χ0v) is 25.3. The summed E-state index contributed by atoms with van der Waals surface area (Å²) in [5, 5.41) is 6.60. The molecule has 1 saturated carbocycles. The van der Waals surface area contributed by atoms with Gasteiger partial charge < -0.3 is 19.4 Å². The maximum atomic E-state index is 14.2. The number of carbonyl (C=O) groups is 2. The first-order valence-corrected chi connectivity index (χ1v) is 15.4. The molecule has 9 nitrogen and oxygen atoms in total. The fourth-order valence-electron chi connectivity index (χ4n) is 8.41. The molecule has 1 aliphatic carbocycles. The average molecular weight is 576 g/mol. The summed E-state index contributed by atoms with van der Waals surface area (Å²) in [4.78, 5) is 39.2. The number of carbonyl (C=O) groups excluding carboxylic acids is 2. The van der Waals surface area contributed by atoms with Crippen LogP contribution in [0.15, 0.2) is 49.1 Å². The van der Waals surface area contributed by atoms with Gasteiger partial charge in [0.25, 0.3) is 0 Å². The van der Waals surface area contributed by atoms with Crippen molar-refractivity contribution < 1.29 is 9.59 Å². The lowest BCUT2D eigenvalue weighted by molar-refractivity contribution is -0.142. The van der Waals surface area contributed by atoms with E-state index in [2.05, 4.69) is 58.2 Å². The number of rotatable bonds is 4. The zero-order valence-electron chi connectivity index (χ0n) is 25.3. The van der Waals surface area contributed by atoms with Crippen molar-refractivity contribution in [2.45, 2.75) is 50.9 Å². The van der Waals surface area contributed by atoms with Gasteiger partial charge in [0.2, 0.25) is 11.8 Å². The molecule has 8 rings (SSSR count). The van der Waals surface area contributed by atoms with Crippen LogP contribution in [0.3, 0.4) is 0 Å². The number of hydrogen-bond acceptors (Lipinski definition) is 4. The first-order chi connectivity index (χ1) is 20.7. The fraction of sp³-hybridized carbons (Fsp3) is 0.412. The lowest BCUT2D eigenvalue weighted by atomic mass is 9.47. The maximum Gasteiger partial charge on any atom is 0.237 e. The van der Waals surface area contributed by atoms with E-state index in [9.17, 15) is 9.59 Å². The molecule has 0 bridgehead atoms. The minimum atomic E-state index is -0.579. The number of aryl methyl sites for hydroxylation is 2. The van der Waals surface area contributed by atoms with E-state index in [-0.39, 0.29) is 17.2 Å². The third-order valence-corrected chi connectivity index (χ3v) is 10.5. The predicted octanol–water partition coefficient (Wildman–Crippen LogP) is 5.54. The standard InChI is InChI=1S/C34H37N7O2/c1-5-6-26(42)41-13-10-33(11-14-41)19-34(20-33)29-25(39(3)32(34)43)17-35-31-28(29)27(30(37-31)22-9-12-38(2)18-22)21-7-8-24-23(15-21)16-36-40(24)4/h7-9,12,15-18H,5-6,10-11,13-14,19-20H2,1-4H3,(H,35,37). The first kappa shape index (κ1) is 26.2. The number of nitrogens with one attached hydrogen (secondary N) is 1. The molecule has 5 aromatic rings. The number of benzene rings is 1. The zero-order chi connectivity index (χ0) is 29.7. The number of likely N-dealkylation sites (tertiary alicyclic amines) is 1. The van der Waals surface area contributed by atoms with Gasteiger partial charge in [0.1, 0.15) is 5.65 Å². The smallest absolute Gasteiger partial charge is 0.237 e. The molecule has 0 unspecified atom stereocenters. The van der Waals surface area contributed by atoms with Crippen LogP contribution in [-0.2, 0) is 29.1 Å². The molecule has 0 atom stereocenters. The van der Waals surface area contributed by atoms with E-state index < -0.39 is 5.41 Å². The number of piperidine rings is 1. The van der Waals surface area contributed by atoms with Gasteiger partial charge >= 0.3 is 0 Å². The van der Waals surface area contributed by atoms with Gasteiger partial charge in [-0.25, -0.2) is 4.98 Å². The topological polar surface area (TPSA) is 92.1 Å². The van der Waals surface area contributed by atoms with E-state index in [0.717, 1.165) is 101 Å². The number of amides is 2. The molecule has 1 aromatic carbocycles. The van der Waals surface area contributed by atoms with Crippen LogP contribution in [0, 0.1) is 5.41 Å². The summed E-state index contributed by atoms with van der Waals surface area (Å²) in [6.07, 6.45) is 13.0. The normalized spacial score (nSPS) is 18.7. The van der Waals surface area contributed by atoms with Gasteiger partial charge in [0.15, 0.2) is 0 Å². The molecule has 9 heteroatoms. The number of nitrogens with zero attached hydrogens (tertiary/aromatic N) is 6. The van der Waals surface area contributed by atoms with Crippen molar-refractivity contribution in [1.82, 2.24) is 29.2 Å². The molecule has 1 N–H and O–H groups in total. The van der Waals surface area contributed by atoms with Gasteiger partial charge in [-0.1, -0.05) is 13.0 Å². The molecule has 43 heavy (non-hydrogen) atoms. The van der Waals surface area contributed by atoms with Crippen LogP contribution < -0.4 is 4.90 Å². The van der Waals surface area contributed by atoms with Crippen molar-refractivity contribution in [1.29, 1.82) is 0 Å². The molecular weight excluding hydrogens is 538 g/mol. The summed E-state index contributed by atoms with van der Waals surface area (Å²) in [6, 6.07) is 8.61. The number of aromatic amines is 1. The van der Waals surface area contributed by atoms with Gasteiger partial charge in [-0.2, -0.15) is 5.10 Å². The van der Waals surface area contributed by atoms with Crippen LogP contribution in [0.1, 0.15) is 51.0 Å². The molecule has 1 saturated heterocycles. The van der Waals surface area contributed by atoms with Crippen molar-refractivity contribution in [2.24, 2.45) is 19.5 Å². The van der Waals surface area contributed by atoms with Gasteiger partial charge in [0, 0.05) is 80.5 Å². The van der Waals surface area contributed by atoms with Gasteiger partial charge in [-0.3, -0.25) is 14.3 Å². The molecule has 4 aromatic heterocycles. The molecule has 2 amide bonds. The second kappa shape index (κ2) is 9.05. The fourth-order valence-corrected chi connectivity index (χ4v) is 8.41. The van der Waals surface area contributed by atoms with Crippen LogP contribution in [0.4, 0.5) is 5.69 Å². The molecule has 3 aliphatic rings. The number of anilines is 1. The Morgan fingerprint density at radius 2 is 1.84 bits per heavy atom. The Balaban J connectivity index is 1.29. The van der Waals surface area contributed by atoms with Crippen molar-refractivity contribution in [3.63, 3.8) is 0 Å². The summed E-state index contributed by atoms with van der Waals surface area (Å²) in [5.74, 6) is 0.431. The van der Waals surface area contributed by atoms with Gasteiger partial charge in [-0.05, 0) is 61.3 Å². The Morgan fingerprint density at radius 1 is 1.05 bits per heavy atom. The van der Waals surface area contributed by atoms with Crippen molar-refractivity contribution >= 4 is 39.4 Å². The molecular formula is C34H37N7O2. The average Bonchev–Trinajstić information content (AvgIpc) is 3.74. The molecule has 6 heterocycles. The second-order valence-electron chi connectivity index (χ2n) is 13.2. The van der Waals surface area contributed by atoms with Crippen LogP contribution in [-0.4, -0.2) is 61.2 Å². The second-order valence-corrected chi connectivity index (χ2v) is 13.2. The third-order valence-electron chi connectivity index (χ3n) is 10.5. The molecule has 0 radical (unpaired) electrons.